The summed E-state index contributed by atoms with van der Waals surface area (Å²) in [5.74, 6) is -0.780. The molecule has 0 aliphatic heterocycles. The lowest BCUT2D eigenvalue weighted by Gasteiger charge is -2.25. The van der Waals surface area contributed by atoms with Crippen LogP contribution in [0.4, 0.5) is 14.6 Å². The van der Waals surface area contributed by atoms with Gasteiger partial charge in [0.1, 0.15) is 35.2 Å². The van der Waals surface area contributed by atoms with Crippen molar-refractivity contribution in [3.05, 3.63) is 65.5 Å². The van der Waals surface area contributed by atoms with Crippen LogP contribution in [-0.4, -0.2) is 24.9 Å². The normalized spacial score (nSPS) is 16.1. The highest BCUT2D eigenvalue weighted by Gasteiger charge is 2.26. The van der Waals surface area contributed by atoms with E-state index in [9.17, 15) is 13.9 Å². The van der Waals surface area contributed by atoms with Crippen molar-refractivity contribution in [1.29, 1.82) is 0 Å². The maximum Gasteiger partial charge on any atom is 0.164 e. The standard InChI is InChI=1S/C21H17F2N5O/c22-14-3-1-12-7-16(4-2-11(12)5-14)28-21-18(20(24)25-10-26-21)19(27-28)13-6-15(23)9-17(29)8-13/h1,3,5-6,8-10,16,29H,2,4,7H2,(H2,24,25,26). The molecule has 0 saturated carbocycles. The van der Waals surface area contributed by atoms with E-state index < -0.39 is 5.82 Å². The van der Waals surface area contributed by atoms with Crippen LogP contribution in [0.15, 0.2) is 42.7 Å². The number of aryl methyl sites for hydroxylation is 1. The lowest BCUT2D eigenvalue weighted by molar-refractivity contribution is 0.414. The highest BCUT2D eigenvalue weighted by Crippen LogP contribution is 2.36. The number of halogens is 2. The number of hydrogen-bond donors (Lipinski definition) is 2. The van der Waals surface area contributed by atoms with Gasteiger partial charge in [0.15, 0.2) is 5.65 Å². The van der Waals surface area contributed by atoms with E-state index in [0.29, 0.717) is 28.7 Å². The molecule has 6 nitrogen and oxygen atoms in total. The number of fused-ring (bicyclic) bond motifs is 2. The smallest absolute Gasteiger partial charge is 0.164 e. The second-order valence-electron chi connectivity index (χ2n) is 7.26. The van der Waals surface area contributed by atoms with Crippen molar-refractivity contribution in [2.45, 2.75) is 25.3 Å². The van der Waals surface area contributed by atoms with E-state index in [1.165, 1.54) is 24.5 Å². The fourth-order valence-electron chi connectivity index (χ4n) is 4.08. The van der Waals surface area contributed by atoms with E-state index >= 15 is 0 Å². The molecule has 2 aromatic carbocycles. The van der Waals surface area contributed by atoms with E-state index in [-0.39, 0.29) is 23.4 Å². The molecule has 3 N–H and O–H groups in total. The van der Waals surface area contributed by atoms with Gasteiger partial charge in [-0.2, -0.15) is 5.10 Å². The molecule has 0 radical (unpaired) electrons. The van der Waals surface area contributed by atoms with Crippen molar-refractivity contribution in [2.24, 2.45) is 0 Å². The van der Waals surface area contributed by atoms with Gasteiger partial charge in [-0.25, -0.2) is 23.4 Å². The summed E-state index contributed by atoms with van der Waals surface area (Å²) in [5, 5.41) is 15.0. The summed E-state index contributed by atoms with van der Waals surface area (Å²) in [7, 11) is 0. The molecule has 29 heavy (non-hydrogen) atoms. The van der Waals surface area contributed by atoms with Gasteiger partial charge in [-0.15, -0.1) is 0 Å². The average Bonchev–Trinajstić information content (AvgIpc) is 3.08. The number of phenolic OH excluding ortho intramolecular Hbond substituents is 1. The molecule has 0 fully saturated rings. The molecule has 1 atom stereocenters. The van der Waals surface area contributed by atoms with Crippen LogP contribution < -0.4 is 5.73 Å². The minimum Gasteiger partial charge on any atom is -0.508 e. The van der Waals surface area contributed by atoms with E-state index in [0.717, 1.165) is 30.0 Å². The molecule has 0 amide bonds. The molecule has 0 saturated heterocycles. The maximum atomic E-state index is 13.9. The van der Waals surface area contributed by atoms with Crippen LogP contribution >= 0.6 is 0 Å². The molecular weight excluding hydrogens is 376 g/mol. The number of hydrogen-bond acceptors (Lipinski definition) is 5. The number of benzene rings is 2. The average molecular weight is 393 g/mol. The molecule has 0 spiro atoms. The van der Waals surface area contributed by atoms with Gasteiger partial charge in [0.05, 0.1) is 11.4 Å². The second-order valence-corrected chi connectivity index (χ2v) is 7.26. The quantitative estimate of drug-likeness (QED) is 0.541. The van der Waals surface area contributed by atoms with Crippen LogP contribution in [0.3, 0.4) is 0 Å². The van der Waals surface area contributed by atoms with Crippen molar-refractivity contribution >= 4 is 16.9 Å². The summed E-state index contributed by atoms with van der Waals surface area (Å²) < 4.78 is 29.2. The van der Waals surface area contributed by atoms with E-state index in [1.807, 2.05) is 0 Å². The number of phenols is 1. The topological polar surface area (TPSA) is 89.8 Å². The number of aromatic hydroxyl groups is 1. The van der Waals surface area contributed by atoms with Gasteiger partial charge in [0.25, 0.3) is 0 Å². The first-order valence-electron chi connectivity index (χ1n) is 9.25. The fraction of sp³-hybridized carbons (Fsp3) is 0.190. The number of aromatic nitrogens is 4. The second kappa shape index (κ2) is 6.51. The summed E-state index contributed by atoms with van der Waals surface area (Å²) in [6.45, 7) is 0. The third kappa shape index (κ3) is 2.97. The Morgan fingerprint density at radius 2 is 1.90 bits per heavy atom. The minimum absolute atomic E-state index is 0.0133. The predicted molar refractivity (Wildman–Crippen MR) is 104 cm³/mol. The van der Waals surface area contributed by atoms with Crippen molar-refractivity contribution in [3.63, 3.8) is 0 Å². The van der Waals surface area contributed by atoms with Crippen molar-refractivity contribution in [3.8, 4) is 17.0 Å². The number of rotatable bonds is 2. The van der Waals surface area contributed by atoms with Crippen LogP contribution in [-0.2, 0) is 12.8 Å². The SMILES string of the molecule is Nc1ncnc2c1c(-c1cc(O)cc(F)c1)nn2C1CCc2cc(F)ccc2C1. The highest BCUT2D eigenvalue weighted by atomic mass is 19.1. The Balaban J connectivity index is 1.66. The Labute approximate surface area is 164 Å². The molecule has 1 aliphatic carbocycles. The van der Waals surface area contributed by atoms with Crippen LogP contribution in [0.25, 0.3) is 22.3 Å². The van der Waals surface area contributed by atoms with E-state index in [1.54, 1.807) is 16.8 Å². The zero-order valence-electron chi connectivity index (χ0n) is 15.3. The summed E-state index contributed by atoms with van der Waals surface area (Å²) in [6.07, 6.45) is 3.51. The molecular formula is C21H17F2N5O. The molecule has 1 unspecified atom stereocenters. The lowest BCUT2D eigenvalue weighted by atomic mass is 9.88. The van der Waals surface area contributed by atoms with Crippen molar-refractivity contribution in [2.75, 3.05) is 5.73 Å². The fourth-order valence-corrected chi connectivity index (χ4v) is 4.08. The van der Waals surface area contributed by atoms with Crippen LogP contribution in [0.5, 0.6) is 5.75 Å². The molecule has 146 valence electrons. The number of nitrogens with zero attached hydrogens (tertiary/aromatic N) is 4. The van der Waals surface area contributed by atoms with Gasteiger partial charge in [0.2, 0.25) is 0 Å². The van der Waals surface area contributed by atoms with Gasteiger partial charge in [-0.3, -0.25) is 0 Å². The number of nitrogens with two attached hydrogens (primary N) is 1. The summed E-state index contributed by atoms with van der Waals surface area (Å²) in [6, 6.07) is 8.58. The highest BCUT2D eigenvalue weighted by molar-refractivity contribution is 5.98. The van der Waals surface area contributed by atoms with E-state index in [4.69, 9.17) is 10.8 Å². The third-order valence-electron chi connectivity index (χ3n) is 5.39. The molecule has 2 heterocycles. The van der Waals surface area contributed by atoms with Crippen molar-refractivity contribution in [1.82, 2.24) is 19.7 Å². The van der Waals surface area contributed by atoms with Crippen LogP contribution in [0.1, 0.15) is 23.6 Å². The first-order valence-corrected chi connectivity index (χ1v) is 9.25. The zero-order chi connectivity index (χ0) is 20.1. The first-order chi connectivity index (χ1) is 14.0. The van der Waals surface area contributed by atoms with Crippen LogP contribution in [0.2, 0.25) is 0 Å². The number of nitrogen functional groups attached to an aromatic ring is 1. The van der Waals surface area contributed by atoms with Gasteiger partial charge in [-0.1, -0.05) is 6.07 Å². The molecule has 2 aromatic heterocycles. The Morgan fingerprint density at radius 1 is 1.03 bits per heavy atom. The Hall–Kier alpha value is -3.55. The van der Waals surface area contributed by atoms with Crippen molar-refractivity contribution < 1.29 is 13.9 Å². The lowest BCUT2D eigenvalue weighted by Crippen LogP contribution is -2.20. The Morgan fingerprint density at radius 3 is 2.72 bits per heavy atom. The van der Waals surface area contributed by atoms with Gasteiger partial charge in [-0.05, 0) is 54.7 Å². The Bertz CT molecular complexity index is 1230. The van der Waals surface area contributed by atoms with Gasteiger partial charge < -0.3 is 10.8 Å². The van der Waals surface area contributed by atoms with E-state index in [2.05, 4.69) is 9.97 Å². The largest absolute Gasteiger partial charge is 0.508 e. The molecule has 5 rings (SSSR count). The van der Waals surface area contributed by atoms with Gasteiger partial charge >= 0.3 is 0 Å². The minimum atomic E-state index is -0.577. The molecule has 4 aromatic rings. The first kappa shape index (κ1) is 17.5. The third-order valence-corrected chi connectivity index (χ3v) is 5.39. The zero-order valence-corrected chi connectivity index (χ0v) is 15.3. The van der Waals surface area contributed by atoms with Gasteiger partial charge in [0, 0.05) is 11.6 Å². The Kier molecular flexibility index (Phi) is 3.94. The molecule has 8 heteroatoms. The summed E-state index contributed by atoms with van der Waals surface area (Å²) in [4.78, 5) is 8.43. The molecule has 1 aliphatic rings. The number of anilines is 1. The maximum absolute atomic E-state index is 13.9. The summed E-state index contributed by atoms with van der Waals surface area (Å²) >= 11 is 0. The summed E-state index contributed by atoms with van der Waals surface area (Å²) in [5.41, 5.74) is 9.53. The monoisotopic (exact) mass is 393 g/mol. The predicted octanol–water partition coefficient (Wildman–Crippen LogP) is 3.79. The van der Waals surface area contributed by atoms with Crippen LogP contribution in [0, 0.1) is 11.6 Å². The molecule has 0 bridgehead atoms.